The molecular weight excluding hydrogens is 354 g/mol. The van der Waals surface area contributed by atoms with Crippen LogP contribution in [0.2, 0.25) is 0 Å². The van der Waals surface area contributed by atoms with E-state index in [1.807, 2.05) is 35.0 Å². The van der Waals surface area contributed by atoms with E-state index in [0.717, 1.165) is 36.2 Å². The molecule has 6 nitrogen and oxygen atoms in total. The van der Waals surface area contributed by atoms with Crippen molar-refractivity contribution in [1.82, 2.24) is 9.78 Å². The number of benzene rings is 2. The van der Waals surface area contributed by atoms with Gasteiger partial charge in [-0.2, -0.15) is 10.4 Å². The fourth-order valence-electron chi connectivity index (χ4n) is 3.37. The first-order chi connectivity index (χ1) is 13.8. The number of ether oxygens (including phenoxy) is 2. The van der Waals surface area contributed by atoms with Crippen molar-refractivity contribution in [3.8, 4) is 17.5 Å². The third kappa shape index (κ3) is 3.60. The van der Waals surface area contributed by atoms with E-state index in [1.165, 1.54) is 0 Å². The zero-order chi connectivity index (χ0) is 19.3. The molecule has 0 unspecified atom stereocenters. The van der Waals surface area contributed by atoms with Crippen LogP contribution in [0.25, 0.3) is 5.69 Å². The highest BCUT2D eigenvalue weighted by Crippen LogP contribution is 2.28. The quantitative estimate of drug-likeness (QED) is 0.488. The number of hydrogen-bond acceptors (Lipinski definition) is 5. The second-order valence-corrected chi connectivity index (χ2v) is 6.50. The lowest BCUT2D eigenvalue weighted by molar-refractivity contribution is 0.0442. The average molecular weight is 373 g/mol. The molecule has 6 heteroatoms. The van der Waals surface area contributed by atoms with Crippen molar-refractivity contribution >= 4 is 5.97 Å². The lowest BCUT2D eigenvalue weighted by Crippen LogP contribution is -2.14. The Morgan fingerprint density at radius 2 is 1.86 bits per heavy atom. The van der Waals surface area contributed by atoms with Crippen LogP contribution in [0, 0.1) is 11.3 Å². The van der Waals surface area contributed by atoms with E-state index in [2.05, 4.69) is 11.2 Å². The number of nitriles is 1. The maximum Gasteiger partial charge on any atom is 0.359 e. The third-order valence-electron chi connectivity index (χ3n) is 4.69. The summed E-state index contributed by atoms with van der Waals surface area (Å²) in [5.41, 5.74) is 3.99. The van der Waals surface area contributed by atoms with Crippen LogP contribution in [0.3, 0.4) is 0 Å². The fourth-order valence-corrected chi connectivity index (χ4v) is 3.37. The van der Waals surface area contributed by atoms with Crippen LogP contribution in [0.4, 0.5) is 0 Å². The van der Waals surface area contributed by atoms with Crippen molar-refractivity contribution in [1.29, 1.82) is 5.26 Å². The number of esters is 1. The molecule has 0 bridgehead atoms. The van der Waals surface area contributed by atoms with Gasteiger partial charge in [0.05, 0.1) is 17.3 Å². The molecule has 1 aromatic heterocycles. The van der Waals surface area contributed by atoms with Crippen LogP contribution in [0.1, 0.15) is 33.7 Å². The second kappa shape index (κ2) is 7.97. The molecule has 1 aliphatic carbocycles. The van der Waals surface area contributed by atoms with Gasteiger partial charge in [-0.3, -0.25) is 0 Å². The summed E-state index contributed by atoms with van der Waals surface area (Å²) in [6.45, 7) is 0.366. The second-order valence-electron chi connectivity index (χ2n) is 6.50. The number of nitrogens with zero attached hydrogens (tertiary/aromatic N) is 3. The van der Waals surface area contributed by atoms with E-state index in [0.29, 0.717) is 17.0 Å². The minimum Gasteiger partial charge on any atom is -0.490 e. The van der Waals surface area contributed by atoms with E-state index in [9.17, 15) is 4.79 Å². The Bertz CT molecular complexity index is 1020. The van der Waals surface area contributed by atoms with Gasteiger partial charge in [0.25, 0.3) is 0 Å². The van der Waals surface area contributed by atoms with E-state index >= 15 is 0 Å². The normalized spacial score (nSPS) is 12.2. The predicted octanol–water partition coefficient (Wildman–Crippen LogP) is 3.47. The summed E-state index contributed by atoms with van der Waals surface area (Å²) >= 11 is 0. The van der Waals surface area contributed by atoms with E-state index in [1.54, 1.807) is 24.3 Å². The van der Waals surface area contributed by atoms with Crippen LogP contribution in [-0.4, -0.2) is 29.0 Å². The summed E-state index contributed by atoms with van der Waals surface area (Å²) in [5.74, 6) is 0.209. The molecule has 0 fully saturated rings. The first-order valence-electron chi connectivity index (χ1n) is 9.22. The molecule has 0 amide bonds. The highest BCUT2D eigenvalue weighted by Gasteiger charge is 2.27. The predicted molar refractivity (Wildman–Crippen MR) is 103 cm³/mol. The Labute approximate surface area is 162 Å². The van der Waals surface area contributed by atoms with Gasteiger partial charge in [0.1, 0.15) is 19.0 Å². The van der Waals surface area contributed by atoms with Crippen molar-refractivity contribution in [3.63, 3.8) is 0 Å². The summed E-state index contributed by atoms with van der Waals surface area (Å²) in [6.07, 6.45) is 2.77. The Balaban J connectivity index is 1.39. The molecule has 0 saturated carbocycles. The van der Waals surface area contributed by atoms with Gasteiger partial charge in [-0.1, -0.05) is 18.2 Å². The average Bonchev–Trinajstić information content (AvgIpc) is 3.35. The molecule has 28 heavy (non-hydrogen) atoms. The lowest BCUT2D eigenvalue weighted by Gasteiger charge is -2.07. The Kier molecular flexibility index (Phi) is 5.07. The van der Waals surface area contributed by atoms with E-state index in [-0.39, 0.29) is 13.2 Å². The summed E-state index contributed by atoms with van der Waals surface area (Å²) in [7, 11) is 0. The molecule has 0 radical (unpaired) electrons. The summed E-state index contributed by atoms with van der Waals surface area (Å²) in [5, 5.41) is 13.3. The third-order valence-corrected chi connectivity index (χ3v) is 4.69. The number of para-hydroxylation sites is 1. The number of rotatable bonds is 6. The van der Waals surface area contributed by atoms with Crippen LogP contribution in [-0.2, 0) is 17.6 Å². The maximum absolute atomic E-state index is 12.6. The molecule has 2 aromatic carbocycles. The molecular formula is C22H19N3O3. The van der Waals surface area contributed by atoms with E-state index < -0.39 is 5.97 Å². The molecule has 0 aliphatic heterocycles. The zero-order valence-corrected chi connectivity index (χ0v) is 15.3. The van der Waals surface area contributed by atoms with Crippen molar-refractivity contribution < 1.29 is 14.3 Å². The van der Waals surface area contributed by atoms with Crippen molar-refractivity contribution in [2.24, 2.45) is 0 Å². The highest BCUT2D eigenvalue weighted by molar-refractivity contribution is 5.89. The van der Waals surface area contributed by atoms with Gasteiger partial charge in [0.2, 0.25) is 0 Å². The highest BCUT2D eigenvalue weighted by atomic mass is 16.6. The van der Waals surface area contributed by atoms with Gasteiger partial charge < -0.3 is 9.47 Å². The molecule has 1 aliphatic rings. The summed E-state index contributed by atoms with van der Waals surface area (Å²) < 4.78 is 12.8. The molecule has 0 spiro atoms. The van der Waals surface area contributed by atoms with Crippen LogP contribution < -0.4 is 4.74 Å². The summed E-state index contributed by atoms with van der Waals surface area (Å²) in [4.78, 5) is 12.6. The molecule has 1 heterocycles. The minimum absolute atomic E-state index is 0.131. The van der Waals surface area contributed by atoms with Crippen molar-refractivity contribution in [2.45, 2.75) is 19.3 Å². The number of carbonyl (C=O) groups is 1. The van der Waals surface area contributed by atoms with Crippen molar-refractivity contribution in [2.75, 3.05) is 13.2 Å². The van der Waals surface area contributed by atoms with Crippen LogP contribution in [0.5, 0.6) is 5.75 Å². The Morgan fingerprint density at radius 1 is 1.07 bits per heavy atom. The van der Waals surface area contributed by atoms with Crippen LogP contribution >= 0.6 is 0 Å². The number of aromatic nitrogens is 2. The van der Waals surface area contributed by atoms with Crippen LogP contribution in [0.15, 0.2) is 54.6 Å². The Morgan fingerprint density at radius 3 is 2.61 bits per heavy atom. The molecule has 0 saturated heterocycles. The largest absolute Gasteiger partial charge is 0.490 e. The molecule has 3 aromatic rings. The number of carbonyl (C=O) groups excluding carboxylic acids is 1. The first-order valence-corrected chi connectivity index (χ1v) is 9.22. The Hall–Kier alpha value is -3.59. The van der Waals surface area contributed by atoms with Crippen molar-refractivity contribution in [3.05, 3.63) is 77.1 Å². The molecule has 0 atom stereocenters. The monoisotopic (exact) mass is 373 g/mol. The molecule has 4 rings (SSSR count). The molecule has 140 valence electrons. The number of fused-ring (bicyclic) bond motifs is 1. The lowest BCUT2D eigenvalue weighted by atomic mass is 10.2. The van der Waals surface area contributed by atoms with Gasteiger partial charge >= 0.3 is 5.97 Å². The van der Waals surface area contributed by atoms with Gasteiger partial charge in [0.15, 0.2) is 5.69 Å². The van der Waals surface area contributed by atoms with Gasteiger partial charge in [-0.25, -0.2) is 9.48 Å². The molecule has 0 N–H and O–H groups in total. The zero-order valence-electron chi connectivity index (χ0n) is 15.3. The van der Waals surface area contributed by atoms with Gasteiger partial charge in [-0.05, 0) is 55.7 Å². The van der Waals surface area contributed by atoms with E-state index in [4.69, 9.17) is 14.7 Å². The topological polar surface area (TPSA) is 77.1 Å². The first kappa shape index (κ1) is 17.8. The van der Waals surface area contributed by atoms with Gasteiger partial charge in [0, 0.05) is 11.3 Å². The standard InChI is InChI=1S/C22H19N3O3/c23-15-16-9-11-18(12-10-16)27-13-14-28-22(26)21-19-7-4-8-20(19)25(24-21)17-5-2-1-3-6-17/h1-3,5-6,9-12H,4,7-8,13-14H2. The summed E-state index contributed by atoms with van der Waals surface area (Å²) in [6, 6.07) is 18.7. The fraction of sp³-hybridized carbons (Fsp3) is 0.227. The smallest absolute Gasteiger partial charge is 0.359 e. The maximum atomic E-state index is 12.6. The number of hydrogen-bond donors (Lipinski definition) is 0. The minimum atomic E-state index is -0.420. The SMILES string of the molecule is N#Cc1ccc(OCCOC(=O)c2nn(-c3ccccc3)c3c2CCC3)cc1. The van der Waals surface area contributed by atoms with Gasteiger partial charge in [-0.15, -0.1) is 0 Å².